The monoisotopic (exact) mass is 295 g/mol. The highest BCUT2D eigenvalue weighted by Gasteiger charge is 2.12. The van der Waals surface area contributed by atoms with Gasteiger partial charge in [0.1, 0.15) is 0 Å². The van der Waals surface area contributed by atoms with Gasteiger partial charge in [-0.05, 0) is 54.8 Å². The molecule has 4 heteroatoms. The summed E-state index contributed by atoms with van der Waals surface area (Å²) in [6.07, 6.45) is 2.86. The molecule has 0 bridgehead atoms. The lowest BCUT2D eigenvalue weighted by Crippen LogP contribution is -2.18. The standard InChI is InChI=1S/C18H21N3O/c19-15-5-3-4-14(12-15)13-18(22)20-16-6-8-17(9-7-16)21-10-1-2-11-21/h3-9,12H,1-2,10-11,13,19H2,(H,20,22). The van der Waals surface area contributed by atoms with Gasteiger partial charge in [-0.15, -0.1) is 0 Å². The minimum Gasteiger partial charge on any atom is -0.399 e. The molecule has 2 aromatic rings. The summed E-state index contributed by atoms with van der Waals surface area (Å²) in [6, 6.07) is 15.5. The van der Waals surface area contributed by atoms with Gasteiger partial charge in [0.05, 0.1) is 6.42 Å². The molecular formula is C18H21N3O. The SMILES string of the molecule is Nc1cccc(CC(=O)Nc2ccc(N3CCCC3)cc2)c1. The molecular weight excluding hydrogens is 274 g/mol. The van der Waals surface area contributed by atoms with Crippen LogP contribution in [-0.2, 0) is 11.2 Å². The highest BCUT2D eigenvalue weighted by Crippen LogP contribution is 2.22. The molecule has 2 aromatic carbocycles. The van der Waals surface area contributed by atoms with Crippen LogP contribution in [0.1, 0.15) is 18.4 Å². The summed E-state index contributed by atoms with van der Waals surface area (Å²) in [5, 5.41) is 2.93. The van der Waals surface area contributed by atoms with E-state index in [9.17, 15) is 4.79 Å². The van der Waals surface area contributed by atoms with Crippen LogP contribution in [0.2, 0.25) is 0 Å². The van der Waals surface area contributed by atoms with E-state index in [0.717, 1.165) is 24.3 Å². The number of amides is 1. The zero-order valence-corrected chi connectivity index (χ0v) is 12.6. The summed E-state index contributed by atoms with van der Waals surface area (Å²) in [6.45, 7) is 2.25. The minimum atomic E-state index is -0.0282. The van der Waals surface area contributed by atoms with Crippen LogP contribution in [0, 0.1) is 0 Å². The Balaban J connectivity index is 1.59. The Morgan fingerprint density at radius 1 is 1.09 bits per heavy atom. The van der Waals surface area contributed by atoms with E-state index in [1.165, 1.54) is 18.5 Å². The van der Waals surface area contributed by atoms with Gasteiger partial charge in [0, 0.05) is 30.2 Å². The first-order valence-corrected chi connectivity index (χ1v) is 7.70. The summed E-state index contributed by atoms with van der Waals surface area (Å²) in [7, 11) is 0. The first kappa shape index (κ1) is 14.4. The predicted octanol–water partition coefficient (Wildman–Crippen LogP) is 3.05. The van der Waals surface area contributed by atoms with Crippen molar-refractivity contribution in [2.24, 2.45) is 0 Å². The number of hydrogen-bond acceptors (Lipinski definition) is 3. The van der Waals surface area contributed by atoms with Crippen LogP contribution in [0.15, 0.2) is 48.5 Å². The lowest BCUT2D eigenvalue weighted by molar-refractivity contribution is -0.115. The van der Waals surface area contributed by atoms with Crippen molar-refractivity contribution in [3.8, 4) is 0 Å². The topological polar surface area (TPSA) is 58.4 Å². The van der Waals surface area contributed by atoms with Gasteiger partial charge in [0.25, 0.3) is 0 Å². The number of anilines is 3. The Kier molecular flexibility index (Phi) is 4.28. The summed E-state index contributed by atoms with van der Waals surface area (Å²) >= 11 is 0. The van der Waals surface area contributed by atoms with E-state index < -0.39 is 0 Å². The van der Waals surface area contributed by atoms with Crippen molar-refractivity contribution in [2.45, 2.75) is 19.3 Å². The molecule has 0 unspecified atom stereocenters. The Morgan fingerprint density at radius 2 is 1.82 bits per heavy atom. The maximum absolute atomic E-state index is 12.1. The molecule has 1 heterocycles. The number of rotatable bonds is 4. The molecule has 3 N–H and O–H groups in total. The second kappa shape index (κ2) is 6.52. The molecule has 4 nitrogen and oxygen atoms in total. The summed E-state index contributed by atoms with van der Waals surface area (Å²) in [4.78, 5) is 14.4. The molecule has 1 fully saturated rings. The van der Waals surface area contributed by atoms with E-state index in [2.05, 4.69) is 22.3 Å². The molecule has 0 aliphatic carbocycles. The predicted molar refractivity (Wildman–Crippen MR) is 91.1 cm³/mol. The number of nitrogens with one attached hydrogen (secondary N) is 1. The fourth-order valence-corrected chi connectivity index (χ4v) is 2.82. The molecule has 0 spiro atoms. The normalized spacial score (nSPS) is 14.1. The third-order valence-corrected chi connectivity index (χ3v) is 3.94. The Morgan fingerprint density at radius 3 is 2.50 bits per heavy atom. The number of hydrogen-bond donors (Lipinski definition) is 2. The Labute approximate surface area is 130 Å². The van der Waals surface area contributed by atoms with Crippen molar-refractivity contribution in [3.63, 3.8) is 0 Å². The molecule has 22 heavy (non-hydrogen) atoms. The average molecular weight is 295 g/mol. The average Bonchev–Trinajstić information content (AvgIpc) is 3.02. The summed E-state index contributed by atoms with van der Waals surface area (Å²) in [5.41, 5.74) is 9.39. The largest absolute Gasteiger partial charge is 0.399 e. The number of nitrogens with zero attached hydrogens (tertiary/aromatic N) is 1. The lowest BCUT2D eigenvalue weighted by atomic mass is 10.1. The van der Waals surface area contributed by atoms with Gasteiger partial charge in [-0.1, -0.05) is 12.1 Å². The molecule has 1 saturated heterocycles. The van der Waals surface area contributed by atoms with Gasteiger partial charge in [0.15, 0.2) is 0 Å². The molecule has 0 atom stereocenters. The lowest BCUT2D eigenvalue weighted by Gasteiger charge is -2.17. The van der Waals surface area contributed by atoms with Crippen LogP contribution >= 0.6 is 0 Å². The first-order chi connectivity index (χ1) is 10.7. The van der Waals surface area contributed by atoms with Crippen LogP contribution in [-0.4, -0.2) is 19.0 Å². The first-order valence-electron chi connectivity index (χ1n) is 7.70. The second-order valence-corrected chi connectivity index (χ2v) is 5.71. The third-order valence-electron chi connectivity index (χ3n) is 3.94. The fourth-order valence-electron chi connectivity index (χ4n) is 2.82. The molecule has 1 aliphatic heterocycles. The van der Waals surface area contributed by atoms with E-state index in [1.54, 1.807) is 0 Å². The smallest absolute Gasteiger partial charge is 0.228 e. The van der Waals surface area contributed by atoms with Crippen LogP contribution in [0.3, 0.4) is 0 Å². The van der Waals surface area contributed by atoms with Gasteiger partial charge in [-0.2, -0.15) is 0 Å². The maximum atomic E-state index is 12.1. The van der Waals surface area contributed by atoms with Gasteiger partial charge in [0.2, 0.25) is 5.91 Å². The molecule has 3 rings (SSSR count). The molecule has 0 saturated carbocycles. The fraction of sp³-hybridized carbons (Fsp3) is 0.278. The number of nitrogens with two attached hydrogens (primary N) is 1. The number of carbonyl (C=O) groups is 1. The maximum Gasteiger partial charge on any atom is 0.228 e. The molecule has 1 amide bonds. The summed E-state index contributed by atoms with van der Waals surface area (Å²) in [5.74, 6) is -0.0282. The number of benzene rings is 2. The van der Waals surface area contributed by atoms with Crippen molar-refractivity contribution in [2.75, 3.05) is 29.0 Å². The highest BCUT2D eigenvalue weighted by molar-refractivity contribution is 5.92. The second-order valence-electron chi connectivity index (χ2n) is 5.71. The van der Waals surface area contributed by atoms with Crippen molar-refractivity contribution < 1.29 is 4.79 Å². The summed E-state index contributed by atoms with van der Waals surface area (Å²) < 4.78 is 0. The quantitative estimate of drug-likeness (QED) is 0.852. The number of nitrogen functional groups attached to an aromatic ring is 1. The highest BCUT2D eigenvalue weighted by atomic mass is 16.1. The molecule has 1 aliphatic rings. The van der Waals surface area contributed by atoms with Crippen molar-refractivity contribution in [1.29, 1.82) is 0 Å². The van der Waals surface area contributed by atoms with Crippen molar-refractivity contribution >= 4 is 23.0 Å². The van der Waals surface area contributed by atoms with Gasteiger partial charge < -0.3 is 16.0 Å². The molecule has 0 aromatic heterocycles. The van der Waals surface area contributed by atoms with Crippen molar-refractivity contribution in [1.82, 2.24) is 0 Å². The number of carbonyl (C=O) groups excluding carboxylic acids is 1. The minimum absolute atomic E-state index is 0.0282. The third kappa shape index (κ3) is 3.58. The van der Waals surface area contributed by atoms with Crippen molar-refractivity contribution in [3.05, 3.63) is 54.1 Å². The van der Waals surface area contributed by atoms with Gasteiger partial charge >= 0.3 is 0 Å². The molecule has 0 radical (unpaired) electrons. The van der Waals surface area contributed by atoms with E-state index >= 15 is 0 Å². The Hall–Kier alpha value is -2.49. The zero-order chi connectivity index (χ0) is 15.4. The van der Waals surface area contributed by atoms with Crippen LogP contribution in [0.4, 0.5) is 17.1 Å². The van der Waals surface area contributed by atoms with Gasteiger partial charge in [-0.25, -0.2) is 0 Å². The zero-order valence-electron chi connectivity index (χ0n) is 12.6. The molecule has 114 valence electrons. The van der Waals surface area contributed by atoms with Crippen LogP contribution < -0.4 is 16.0 Å². The van der Waals surface area contributed by atoms with Crippen LogP contribution in [0.5, 0.6) is 0 Å². The van der Waals surface area contributed by atoms with E-state index in [4.69, 9.17) is 5.73 Å². The Bertz CT molecular complexity index is 646. The van der Waals surface area contributed by atoms with E-state index in [-0.39, 0.29) is 5.91 Å². The van der Waals surface area contributed by atoms with E-state index in [0.29, 0.717) is 12.1 Å². The van der Waals surface area contributed by atoms with Gasteiger partial charge in [-0.3, -0.25) is 4.79 Å². The van der Waals surface area contributed by atoms with E-state index in [1.807, 2.05) is 36.4 Å². The van der Waals surface area contributed by atoms with Crippen LogP contribution in [0.25, 0.3) is 0 Å².